The van der Waals surface area contributed by atoms with Gasteiger partial charge < -0.3 is 19.9 Å². The van der Waals surface area contributed by atoms with Gasteiger partial charge in [-0.2, -0.15) is 0 Å². The van der Waals surface area contributed by atoms with Crippen LogP contribution >= 0.6 is 0 Å². The zero-order chi connectivity index (χ0) is 15.2. The van der Waals surface area contributed by atoms with Gasteiger partial charge in [-0.05, 0) is 38.8 Å². The summed E-state index contributed by atoms with van der Waals surface area (Å²) in [4.78, 5) is 18.0. The second-order valence-electron chi connectivity index (χ2n) is 5.72. The van der Waals surface area contributed by atoms with Crippen molar-refractivity contribution in [2.45, 2.75) is 32.3 Å². The predicted molar refractivity (Wildman–Crippen MR) is 80.6 cm³/mol. The summed E-state index contributed by atoms with van der Waals surface area (Å²) < 4.78 is 1.88. The summed E-state index contributed by atoms with van der Waals surface area (Å²) in [6.45, 7) is 5.30. The maximum absolute atomic E-state index is 11.5. The number of imidazole rings is 1. The van der Waals surface area contributed by atoms with Gasteiger partial charge in [-0.3, -0.25) is 4.79 Å². The highest BCUT2D eigenvalue weighted by Gasteiger charge is 2.28. The quantitative estimate of drug-likeness (QED) is 0.810. The van der Waals surface area contributed by atoms with Gasteiger partial charge in [0, 0.05) is 39.0 Å². The number of aromatic nitrogens is 2. The van der Waals surface area contributed by atoms with Gasteiger partial charge in [0.15, 0.2) is 0 Å². The Kier molecular flexibility index (Phi) is 5.76. The normalized spacial score (nSPS) is 18.6. The van der Waals surface area contributed by atoms with E-state index < -0.39 is 6.10 Å². The van der Waals surface area contributed by atoms with Crippen LogP contribution in [0.5, 0.6) is 0 Å². The van der Waals surface area contributed by atoms with Gasteiger partial charge in [0.2, 0.25) is 5.91 Å². The summed E-state index contributed by atoms with van der Waals surface area (Å²) in [6.07, 6.45) is 5.54. The Hall–Kier alpha value is -1.40. The van der Waals surface area contributed by atoms with Gasteiger partial charge in [-0.25, -0.2) is 4.98 Å². The van der Waals surface area contributed by atoms with Crippen LogP contribution in [0.3, 0.4) is 0 Å². The van der Waals surface area contributed by atoms with Crippen LogP contribution in [0.1, 0.15) is 38.1 Å². The summed E-state index contributed by atoms with van der Waals surface area (Å²) in [6, 6.07) is 0. The van der Waals surface area contributed by atoms with Crippen LogP contribution in [-0.2, 0) is 11.8 Å². The average molecular weight is 294 g/mol. The molecule has 1 aromatic heterocycles. The Morgan fingerprint density at radius 3 is 2.81 bits per heavy atom. The van der Waals surface area contributed by atoms with Crippen molar-refractivity contribution in [1.82, 2.24) is 19.8 Å². The van der Waals surface area contributed by atoms with Crippen molar-refractivity contribution in [3.05, 3.63) is 18.2 Å². The van der Waals surface area contributed by atoms with Crippen LogP contribution < -0.4 is 5.32 Å². The molecule has 0 bridgehead atoms. The summed E-state index contributed by atoms with van der Waals surface area (Å²) in [7, 11) is 1.91. The van der Waals surface area contributed by atoms with Crippen LogP contribution in [0.2, 0.25) is 0 Å². The molecule has 1 aliphatic heterocycles. The zero-order valence-electron chi connectivity index (χ0n) is 13.0. The fraction of sp³-hybridized carbons (Fsp3) is 0.733. The zero-order valence-corrected chi connectivity index (χ0v) is 13.0. The number of nitrogens with zero attached hydrogens (tertiary/aromatic N) is 3. The van der Waals surface area contributed by atoms with Crippen LogP contribution in [0.25, 0.3) is 0 Å². The number of rotatable bonds is 6. The van der Waals surface area contributed by atoms with Crippen LogP contribution in [0, 0.1) is 5.92 Å². The number of hydrogen-bond donors (Lipinski definition) is 2. The number of hydrogen-bond acceptors (Lipinski definition) is 4. The van der Waals surface area contributed by atoms with Gasteiger partial charge in [-0.1, -0.05) is 0 Å². The highest BCUT2D eigenvalue weighted by atomic mass is 16.3. The minimum atomic E-state index is -0.490. The number of carbonyl (C=O) groups excluding carboxylic acids is 1. The van der Waals surface area contributed by atoms with Crippen molar-refractivity contribution in [3.63, 3.8) is 0 Å². The van der Waals surface area contributed by atoms with E-state index in [4.69, 9.17) is 0 Å². The number of aliphatic hydroxyl groups excluding tert-OH is 1. The summed E-state index contributed by atoms with van der Waals surface area (Å²) in [5, 5.41) is 13.2. The van der Waals surface area contributed by atoms with Crippen molar-refractivity contribution in [3.8, 4) is 0 Å². The van der Waals surface area contributed by atoms with E-state index in [2.05, 4.69) is 15.2 Å². The molecule has 1 aromatic rings. The first-order valence-corrected chi connectivity index (χ1v) is 7.76. The van der Waals surface area contributed by atoms with E-state index in [1.165, 1.54) is 0 Å². The Morgan fingerprint density at radius 2 is 2.24 bits per heavy atom. The summed E-state index contributed by atoms with van der Waals surface area (Å²) >= 11 is 0. The Bertz CT molecular complexity index is 452. The lowest BCUT2D eigenvalue weighted by Gasteiger charge is -2.33. The SMILES string of the molecule is CCNC(=O)CCN1CCC([C@H](O)c2nccn2C)CC1. The molecule has 6 nitrogen and oxygen atoms in total. The molecule has 0 unspecified atom stereocenters. The lowest BCUT2D eigenvalue weighted by Crippen LogP contribution is -2.38. The van der Waals surface area contributed by atoms with Crippen molar-refractivity contribution in [2.24, 2.45) is 13.0 Å². The van der Waals surface area contributed by atoms with E-state index in [1.807, 2.05) is 24.7 Å². The average Bonchev–Trinajstić information content (AvgIpc) is 2.91. The molecule has 2 N–H and O–H groups in total. The molecule has 0 spiro atoms. The third-order valence-corrected chi connectivity index (χ3v) is 4.23. The van der Waals surface area contributed by atoms with Gasteiger partial charge in [0.05, 0.1) is 0 Å². The van der Waals surface area contributed by atoms with Crippen molar-refractivity contribution in [2.75, 3.05) is 26.2 Å². The van der Waals surface area contributed by atoms with Crippen molar-refractivity contribution >= 4 is 5.91 Å². The molecule has 2 rings (SSSR count). The smallest absolute Gasteiger partial charge is 0.221 e. The molecule has 1 aliphatic rings. The molecule has 118 valence electrons. The van der Waals surface area contributed by atoms with E-state index in [0.29, 0.717) is 13.0 Å². The fourth-order valence-electron chi connectivity index (χ4n) is 2.91. The molecule has 0 saturated carbocycles. The first-order chi connectivity index (χ1) is 10.1. The van der Waals surface area contributed by atoms with E-state index in [1.54, 1.807) is 6.20 Å². The highest BCUT2D eigenvalue weighted by molar-refractivity contribution is 5.75. The second kappa shape index (κ2) is 7.56. The molecule has 0 radical (unpaired) electrons. The second-order valence-corrected chi connectivity index (χ2v) is 5.72. The van der Waals surface area contributed by atoms with Crippen LogP contribution in [0.15, 0.2) is 12.4 Å². The molecular weight excluding hydrogens is 268 g/mol. The lowest BCUT2D eigenvalue weighted by molar-refractivity contribution is -0.121. The molecule has 21 heavy (non-hydrogen) atoms. The third-order valence-electron chi connectivity index (χ3n) is 4.23. The topological polar surface area (TPSA) is 70.4 Å². The number of piperidine rings is 1. The largest absolute Gasteiger partial charge is 0.385 e. The number of aryl methyl sites for hydroxylation is 1. The van der Waals surface area contributed by atoms with Gasteiger partial charge >= 0.3 is 0 Å². The molecule has 1 fully saturated rings. The van der Waals surface area contributed by atoms with Gasteiger partial charge in [0.25, 0.3) is 0 Å². The third kappa shape index (κ3) is 4.28. The molecule has 0 aliphatic carbocycles. The number of nitrogens with one attached hydrogen (secondary N) is 1. The van der Waals surface area contributed by atoms with Crippen LogP contribution in [0.4, 0.5) is 0 Å². The predicted octanol–water partition coefficient (Wildman–Crippen LogP) is 0.692. The van der Waals surface area contributed by atoms with E-state index in [9.17, 15) is 9.90 Å². The molecule has 1 amide bonds. The monoisotopic (exact) mass is 294 g/mol. The number of aliphatic hydroxyl groups is 1. The molecule has 2 heterocycles. The first-order valence-electron chi connectivity index (χ1n) is 7.76. The Labute approximate surface area is 126 Å². The molecule has 1 saturated heterocycles. The molecule has 1 atom stereocenters. The Morgan fingerprint density at radius 1 is 1.52 bits per heavy atom. The standard InChI is InChI=1S/C15H26N4O2/c1-3-16-13(20)6-10-19-8-4-12(5-9-19)14(21)15-17-7-11-18(15)2/h7,11-12,14,21H,3-6,8-10H2,1-2H3,(H,16,20)/t14-/m0/s1. The van der Waals surface area contributed by atoms with Crippen LogP contribution in [-0.4, -0.2) is 51.6 Å². The van der Waals surface area contributed by atoms with Crippen molar-refractivity contribution in [1.29, 1.82) is 0 Å². The van der Waals surface area contributed by atoms with Gasteiger partial charge in [0.1, 0.15) is 11.9 Å². The summed E-state index contributed by atoms with van der Waals surface area (Å²) in [5.74, 6) is 1.12. The van der Waals surface area contributed by atoms with Gasteiger partial charge in [-0.15, -0.1) is 0 Å². The van der Waals surface area contributed by atoms with E-state index >= 15 is 0 Å². The highest BCUT2D eigenvalue weighted by Crippen LogP contribution is 2.29. The molecular formula is C15H26N4O2. The minimum Gasteiger partial charge on any atom is -0.385 e. The Balaban J connectivity index is 1.75. The molecule has 0 aromatic carbocycles. The lowest BCUT2D eigenvalue weighted by atomic mass is 9.90. The fourth-order valence-corrected chi connectivity index (χ4v) is 2.91. The number of carbonyl (C=O) groups is 1. The maximum atomic E-state index is 11.5. The maximum Gasteiger partial charge on any atom is 0.221 e. The van der Waals surface area contributed by atoms with E-state index in [0.717, 1.165) is 38.3 Å². The first kappa shape index (κ1) is 16.0. The van der Waals surface area contributed by atoms with E-state index in [-0.39, 0.29) is 11.8 Å². The molecule has 6 heteroatoms. The summed E-state index contributed by atoms with van der Waals surface area (Å²) in [5.41, 5.74) is 0. The number of likely N-dealkylation sites (tertiary alicyclic amines) is 1. The minimum absolute atomic E-state index is 0.118. The van der Waals surface area contributed by atoms with Crippen molar-refractivity contribution < 1.29 is 9.90 Å². The number of amides is 1.